The normalized spacial score (nSPS) is 15.7. The number of hydrogen-bond acceptors (Lipinski definition) is 5. The third kappa shape index (κ3) is 4.22. The number of aryl methyl sites for hydroxylation is 1. The molecule has 0 fully saturated rings. The van der Waals surface area contributed by atoms with Gasteiger partial charge in [0.2, 0.25) is 0 Å². The summed E-state index contributed by atoms with van der Waals surface area (Å²) in [6.07, 6.45) is 1.70. The number of rotatable bonds is 4. The molecule has 1 aliphatic heterocycles. The maximum absolute atomic E-state index is 13.6. The van der Waals surface area contributed by atoms with Crippen molar-refractivity contribution < 1.29 is 9.21 Å². The van der Waals surface area contributed by atoms with Crippen LogP contribution < -0.4 is 20.2 Å². The molecule has 3 heterocycles. The summed E-state index contributed by atoms with van der Waals surface area (Å²) in [7, 11) is 0. The van der Waals surface area contributed by atoms with Crippen LogP contribution in [-0.2, 0) is 4.79 Å². The Morgan fingerprint density at radius 1 is 1.09 bits per heavy atom. The zero-order valence-corrected chi connectivity index (χ0v) is 20.8. The highest BCUT2D eigenvalue weighted by atomic mass is 79.9. The summed E-state index contributed by atoms with van der Waals surface area (Å²) in [5.41, 5.74) is 3.40. The first-order chi connectivity index (χ1) is 16.4. The van der Waals surface area contributed by atoms with E-state index in [0.29, 0.717) is 36.7 Å². The molecule has 0 saturated carbocycles. The molecule has 4 aromatic rings. The van der Waals surface area contributed by atoms with Crippen LogP contribution in [0.15, 0.2) is 96.9 Å². The lowest BCUT2D eigenvalue weighted by molar-refractivity contribution is -0.113. The summed E-state index contributed by atoms with van der Waals surface area (Å²) in [5, 5.41) is 2.96. The number of benzene rings is 2. The summed E-state index contributed by atoms with van der Waals surface area (Å²) in [5.74, 6) is 0.268. The molecule has 5 rings (SSSR count). The molecule has 1 aliphatic rings. The standard InChI is InChI=1S/C26H20BrN3O3S/c1-15-8-10-17(11-9-15)23-22(24(31)29-18-6-4-3-5-7-18)16(2)28-26-30(23)25(32)20(34-26)14-19-12-13-21(27)33-19/h3-14,23H,1-2H3,(H,29,31)/b20-14-. The third-order valence-electron chi connectivity index (χ3n) is 5.56. The average Bonchev–Trinajstić information content (AvgIpc) is 3.36. The topological polar surface area (TPSA) is 76.6 Å². The molecule has 1 atom stereocenters. The van der Waals surface area contributed by atoms with Crippen LogP contribution in [-0.4, -0.2) is 10.5 Å². The van der Waals surface area contributed by atoms with Gasteiger partial charge in [-0.05, 0) is 59.6 Å². The van der Waals surface area contributed by atoms with Gasteiger partial charge in [-0.2, -0.15) is 0 Å². The number of anilines is 1. The second kappa shape index (κ2) is 9.04. The Morgan fingerprint density at radius 2 is 1.82 bits per heavy atom. The summed E-state index contributed by atoms with van der Waals surface area (Å²) < 4.78 is 8.23. The molecule has 0 bridgehead atoms. The van der Waals surface area contributed by atoms with Crippen molar-refractivity contribution in [2.45, 2.75) is 19.9 Å². The molecule has 34 heavy (non-hydrogen) atoms. The number of nitrogens with one attached hydrogen (secondary N) is 1. The number of carbonyl (C=O) groups excluding carboxylic acids is 1. The van der Waals surface area contributed by atoms with Crippen LogP contribution in [0.25, 0.3) is 6.08 Å². The zero-order valence-electron chi connectivity index (χ0n) is 18.4. The van der Waals surface area contributed by atoms with Gasteiger partial charge >= 0.3 is 0 Å². The maximum atomic E-state index is 13.6. The molecule has 2 aromatic heterocycles. The van der Waals surface area contributed by atoms with Crippen LogP contribution in [0.1, 0.15) is 29.9 Å². The highest BCUT2D eigenvalue weighted by Crippen LogP contribution is 2.31. The fraction of sp³-hybridized carbons (Fsp3) is 0.115. The second-order valence-corrected chi connectivity index (χ2v) is 9.75. The lowest BCUT2D eigenvalue weighted by Crippen LogP contribution is -2.40. The first-order valence-electron chi connectivity index (χ1n) is 10.6. The Kier molecular flexibility index (Phi) is 5.93. The first-order valence-corrected chi connectivity index (χ1v) is 12.2. The SMILES string of the molecule is CC1=C(C(=O)Nc2ccccc2)C(c2ccc(C)cc2)n2c(s/c(=C\c3ccc(Br)o3)c2=O)=N1. The Morgan fingerprint density at radius 3 is 2.50 bits per heavy atom. The number of para-hydroxylation sites is 1. The van der Waals surface area contributed by atoms with Gasteiger partial charge in [0.05, 0.1) is 21.8 Å². The van der Waals surface area contributed by atoms with E-state index in [0.717, 1.165) is 11.1 Å². The minimum atomic E-state index is -0.606. The number of amides is 1. The number of allylic oxidation sites excluding steroid dienone is 1. The lowest BCUT2D eigenvalue weighted by Gasteiger charge is -2.25. The van der Waals surface area contributed by atoms with E-state index in [9.17, 15) is 9.59 Å². The Hall–Kier alpha value is -3.49. The van der Waals surface area contributed by atoms with E-state index in [-0.39, 0.29) is 11.5 Å². The monoisotopic (exact) mass is 533 g/mol. The quantitative estimate of drug-likeness (QED) is 0.418. The largest absolute Gasteiger partial charge is 0.450 e. The molecule has 2 aromatic carbocycles. The van der Waals surface area contributed by atoms with Gasteiger partial charge in [0, 0.05) is 11.8 Å². The van der Waals surface area contributed by atoms with Crippen LogP contribution in [0, 0.1) is 6.92 Å². The zero-order chi connectivity index (χ0) is 23.8. The molecule has 1 N–H and O–H groups in total. The summed E-state index contributed by atoms with van der Waals surface area (Å²) in [6.45, 7) is 3.81. The number of furan rings is 1. The van der Waals surface area contributed by atoms with E-state index >= 15 is 0 Å². The smallest absolute Gasteiger partial charge is 0.271 e. The molecule has 170 valence electrons. The molecule has 1 amide bonds. The van der Waals surface area contributed by atoms with Crippen molar-refractivity contribution in [3.8, 4) is 0 Å². The molecular weight excluding hydrogens is 514 g/mol. The van der Waals surface area contributed by atoms with E-state index in [2.05, 4.69) is 26.2 Å². The van der Waals surface area contributed by atoms with Crippen LogP contribution in [0.3, 0.4) is 0 Å². The van der Waals surface area contributed by atoms with Gasteiger partial charge in [-0.15, -0.1) is 0 Å². The first kappa shape index (κ1) is 22.3. The molecule has 0 spiro atoms. The summed E-state index contributed by atoms with van der Waals surface area (Å²) in [6, 6.07) is 20.1. The summed E-state index contributed by atoms with van der Waals surface area (Å²) >= 11 is 4.57. The van der Waals surface area contributed by atoms with Crippen LogP contribution >= 0.6 is 27.3 Å². The van der Waals surface area contributed by atoms with E-state index in [1.165, 1.54) is 11.3 Å². The average molecular weight is 534 g/mol. The van der Waals surface area contributed by atoms with E-state index in [1.807, 2.05) is 68.4 Å². The number of hydrogen-bond donors (Lipinski definition) is 1. The molecule has 0 aliphatic carbocycles. The van der Waals surface area contributed by atoms with Crippen molar-refractivity contribution in [3.63, 3.8) is 0 Å². The second-order valence-electron chi connectivity index (χ2n) is 7.95. The van der Waals surface area contributed by atoms with Gasteiger partial charge in [0.1, 0.15) is 5.76 Å². The highest BCUT2D eigenvalue weighted by Gasteiger charge is 2.32. The van der Waals surface area contributed by atoms with Crippen molar-refractivity contribution >= 4 is 44.9 Å². The lowest BCUT2D eigenvalue weighted by atomic mass is 9.94. The number of aromatic nitrogens is 1. The van der Waals surface area contributed by atoms with Crippen molar-refractivity contribution in [1.82, 2.24) is 4.57 Å². The minimum Gasteiger partial charge on any atom is -0.450 e. The fourth-order valence-corrected chi connectivity index (χ4v) is 5.28. The van der Waals surface area contributed by atoms with E-state index < -0.39 is 6.04 Å². The van der Waals surface area contributed by atoms with Gasteiger partial charge in [-0.25, -0.2) is 4.99 Å². The molecule has 0 saturated heterocycles. The molecule has 6 nitrogen and oxygen atoms in total. The van der Waals surface area contributed by atoms with Crippen molar-refractivity contribution in [3.05, 3.63) is 119 Å². The molecule has 8 heteroatoms. The van der Waals surface area contributed by atoms with Gasteiger partial charge in [0.25, 0.3) is 11.5 Å². The van der Waals surface area contributed by atoms with E-state index in [4.69, 9.17) is 4.42 Å². The van der Waals surface area contributed by atoms with Gasteiger partial charge in [-0.1, -0.05) is 59.4 Å². The number of halogens is 1. The Balaban J connectivity index is 1.68. The van der Waals surface area contributed by atoms with Crippen LogP contribution in [0.4, 0.5) is 5.69 Å². The van der Waals surface area contributed by atoms with Gasteiger partial charge < -0.3 is 9.73 Å². The molecule has 1 unspecified atom stereocenters. The number of carbonyl (C=O) groups is 1. The third-order valence-corrected chi connectivity index (χ3v) is 6.97. The van der Waals surface area contributed by atoms with Crippen LogP contribution in [0.5, 0.6) is 0 Å². The maximum Gasteiger partial charge on any atom is 0.271 e. The summed E-state index contributed by atoms with van der Waals surface area (Å²) in [4.78, 5) is 32.3. The highest BCUT2D eigenvalue weighted by molar-refractivity contribution is 9.10. The Labute approximate surface area is 207 Å². The van der Waals surface area contributed by atoms with Gasteiger partial charge in [0.15, 0.2) is 9.47 Å². The predicted octanol–water partition coefficient (Wildman–Crippen LogP) is 4.54. The fourth-order valence-electron chi connectivity index (χ4n) is 3.93. The van der Waals surface area contributed by atoms with Crippen molar-refractivity contribution in [1.29, 1.82) is 0 Å². The van der Waals surface area contributed by atoms with E-state index in [1.54, 1.807) is 22.8 Å². The molecule has 0 radical (unpaired) electrons. The number of thiazole rings is 1. The number of nitrogens with zero attached hydrogens (tertiary/aromatic N) is 2. The predicted molar refractivity (Wildman–Crippen MR) is 136 cm³/mol. The van der Waals surface area contributed by atoms with Crippen molar-refractivity contribution in [2.24, 2.45) is 4.99 Å². The minimum absolute atomic E-state index is 0.223. The van der Waals surface area contributed by atoms with Gasteiger partial charge in [-0.3, -0.25) is 14.2 Å². The number of fused-ring (bicyclic) bond motifs is 1. The Bertz CT molecular complexity index is 1600. The van der Waals surface area contributed by atoms with Crippen LogP contribution in [0.2, 0.25) is 0 Å². The molecular formula is C26H20BrN3O3S. The van der Waals surface area contributed by atoms with Crippen molar-refractivity contribution in [2.75, 3.05) is 5.32 Å².